The van der Waals surface area contributed by atoms with Crippen LogP contribution in [0, 0.1) is 24.0 Å². The lowest BCUT2D eigenvalue weighted by Gasteiger charge is -2.20. The molecule has 2 aliphatic heterocycles. The van der Waals surface area contributed by atoms with Crippen molar-refractivity contribution in [2.24, 2.45) is 0 Å². The number of nitro groups is 1. The number of nitro benzene ring substituents is 1. The molecule has 3 aromatic rings. The number of hydrogen-bond donors (Lipinski definition) is 0. The maximum absolute atomic E-state index is 13.0. The Labute approximate surface area is 213 Å². The van der Waals surface area contributed by atoms with Crippen molar-refractivity contribution in [3.8, 4) is 11.5 Å². The lowest BCUT2D eigenvalue weighted by molar-refractivity contribution is -0.384. The molecule has 3 heterocycles. The van der Waals surface area contributed by atoms with Crippen molar-refractivity contribution >= 4 is 23.1 Å². The summed E-state index contributed by atoms with van der Waals surface area (Å²) in [6.45, 7) is 5.55. The third-order valence-electron chi connectivity index (χ3n) is 6.84. The fourth-order valence-corrected chi connectivity index (χ4v) is 4.87. The van der Waals surface area contributed by atoms with Crippen LogP contribution in [0.4, 0.5) is 11.4 Å². The smallest absolute Gasteiger partial charge is 0.340 e. The zero-order valence-corrected chi connectivity index (χ0v) is 20.7. The molecule has 1 fully saturated rings. The van der Waals surface area contributed by atoms with Gasteiger partial charge in [-0.25, -0.2) is 4.79 Å². The lowest BCUT2D eigenvalue weighted by atomic mass is 10.1. The van der Waals surface area contributed by atoms with Gasteiger partial charge in [-0.15, -0.1) is 0 Å². The zero-order valence-electron chi connectivity index (χ0n) is 20.7. The number of ether oxygens (including phenoxy) is 3. The van der Waals surface area contributed by atoms with Gasteiger partial charge in [-0.2, -0.15) is 0 Å². The van der Waals surface area contributed by atoms with Crippen molar-refractivity contribution in [2.45, 2.75) is 33.2 Å². The Morgan fingerprint density at radius 3 is 2.51 bits per heavy atom. The van der Waals surface area contributed by atoms with Gasteiger partial charge in [0.15, 0.2) is 18.1 Å². The van der Waals surface area contributed by atoms with Crippen LogP contribution in [0.2, 0.25) is 0 Å². The monoisotopic (exact) mass is 505 g/mol. The molecule has 0 bridgehead atoms. The third-order valence-corrected chi connectivity index (χ3v) is 6.84. The Hall–Kier alpha value is -4.34. The van der Waals surface area contributed by atoms with Crippen molar-refractivity contribution in [3.05, 3.63) is 80.7 Å². The summed E-state index contributed by atoms with van der Waals surface area (Å²) in [5.74, 6) is 0.302. The van der Waals surface area contributed by atoms with Crippen molar-refractivity contribution < 1.29 is 28.7 Å². The van der Waals surface area contributed by atoms with Crippen LogP contribution < -0.4 is 14.4 Å². The number of esters is 1. The van der Waals surface area contributed by atoms with Crippen LogP contribution in [0.1, 0.15) is 50.5 Å². The lowest BCUT2D eigenvalue weighted by Crippen LogP contribution is -2.22. The van der Waals surface area contributed by atoms with Crippen LogP contribution in [-0.2, 0) is 11.3 Å². The van der Waals surface area contributed by atoms with Gasteiger partial charge in [0, 0.05) is 48.7 Å². The summed E-state index contributed by atoms with van der Waals surface area (Å²) in [5, 5.41) is 11.3. The predicted octanol–water partition coefficient (Wildman–Crippen LogP) is 4.43. The van der Waals surface area contributed by atoms with Gasteiger partial charge in [-0.05, 0) is 56.5 Å². The van der Waals surface area contributed by atoms with Gasteiger partial charge in [0.25, 0.3) is 5.69 Å². The number of rotatable bonds is 8. The maximum Gasteiger partial charge on any atom is 0.340 e. The Balaban J connectivity index is 1.31. The minimum absolute atomic E-state index is 0.0946. The number of ketones is 1. The summed E-state index contributed by atoms with van der Waals surface area (Å²) < 4.78 is 18.2. The van der Waals surface area contributed by atoms with Crippen LogP contribution in [0.5, 0.6) is 11.5 Å². The van der Waals surface area contributed by atoms with Gasteiger partial charge >= 0.3 is 5.97 Å². The quantitative estimate of drug-likeness (QED) is 0.191. The van der Waals surface area contributed by atoms with Crippen molar-refractivity contribution in [1.82, 2.24) is 4.57 Å². The predicted molar refractivity (Wildman–Crippen MR) is 135 cm³/mol. The number of carbonyl (C=O) groups is 2. The van der Waals surface area contributed by atoms with Crippen LogP contribution in [0.15, 0.2) is 42.5 Å². The van der Waals surface area contributed by atoms with E-state index in [1.54, 1.807) is 12.1 Å². The summed E-state index contributed by atoms with van der Waals surface area (Å²) in [4.78, 5) is 38.8. The number of aryl methyl sites for hydroxylation is 1. The molecule has 0 unspecified atom stereocenters. The van der Waals surface area contributed by atoms with E-state index in [-0.39, 0.29) is 23.8 Å². The van der Waals surface area contributed by atoms with Crippen LogP contribution in [-0.4, -0.2) is 47.7 Å². The molecule has 0 radical (unpaired) electrons. The number of carbonyl (C=O) groups excluding carboxylic acids is 2. The third kappa shape index (κ3) is 4.87. The molecule has 0 amide bonds. The highest BCUT2D eigenvalue weighted by Crippen LogP contribution is 2.33. The first kappa shape index (κ1) is 24.4. The molecule has 1 saturated heterocycles. The SMILES string of the molecule is Cc1cc(C(=O)COC(=O)c2cc([N+](=O)[O-])ccc2N2CCCC2)c(C)n1Cc1ccc2c(c1)OCO2. The second kappa shape index (κ2) is 9.96. The van der Waals surface area contributed by atoms with Gasteiger partial charge in [0.1, 0.15) is 0 Å². The van der Waals surface area contributed by atoms with Crippen molar-refractivity contribution in [2.75, 3.05) is 31.4 Å². The van der Waals surface area contributed by atoms with Gasteiger partial charge < -0.3 is 23.7 Å². The van der Waals surface area contributed by atoms with E-state index in [4.69, 9.17) is 14.2 Å². The van der Waals surface area contributed by atoms with Crippen LogP contribution >= 0.6 is 0 Å². The number of benzene rings is 2. The fourth-order valence-electron chi connectivity index (χ4n) is 4.87. The first-order chi connectivity index (χ1) is 17.8. The van der Waals surface area contributed by atoms with Crippen molar-refractivity contribution in [1.29, 1.82) is 0 Å². The second-order valence-corrected chi connectivity index (χ2v) is 9.21. The summed E-state index contributed by atoms with van der Waals surface area (Å²) in [5.41, 5.74) is 3.58. The largest absolute Gasteiger partial charge is 0.454 e. The molecule has 2 aromatic carbocycles. The maximum atomic E-state index is 13.0. The van der Waals surface area contributed by atoms with E-state index in [1.807, 2.05) is 41.5 Å². The van der Waals surface area contributed by atoms with E-state index in [9.17, 15) is 19.7 Å². The average molecular weight is 506 g/mol. The number of fused-ring (bicyclic) bond motifs is 1. The van der Waals surface area contributed by atoms with Crippen molar-refractivity contribution in [3.63, 3.8) is 0 Å². The Morgan fingerprint density at radius 1 is 1.00 bits per heavy atom. The number of nitrogens with zero attached hydrogens (tertiary/aromatic N) is 3. The number of anilines is 1. The molecule has 0 atom stereocenters. The average Bonchev–Trinajstić information content (AvgIpc) is 3.64. The minimum atomic E-state index is -0.756. The Morgan fingerprint density at radius 2 is 1.76 bits per heavy atom. The van der Waals surface area contributed by atoms with Gasteiger partial charge in [-0.3, -0.25) is 14.9 Å². The van der Waals surface area contributed by atoms with E-state index in [0.717, 1.165) is 42.9 Å². The zero-order chi connectivity index (χ0) is 26.1. The minimum Gasteiger partial charge on any atom is -0.454 e. The van der Waals surface area contributed by atoms with Gasteiger partial charge in [0.05, 0.1) is 16.2 Å². The summed E-state index contributed by atoms with van der Waals surface area (Å²) >= 11 is 0. The molecular weight excluding hydrogens is 478 g/mol. The number of hydrogen-bond acceptors (Lipinski definition) is 8. The summed E-state index contributed by atoms with van der Waals surface area (Å²) in [6.07, 6.45) is 1.96. The molecule has 5 rings (SSSR count). The van der Waals surface area contributed by atoms with E-state index in [2.05, 4.69) is 0 Å². The first-order valence-electron chi connectivity index (χ1n) is 12.1. The molecule has 0 N–H and O–H groups in total. The molecule has 10 heteroatoms. The van der Waals surface area contributed by atoms with Gasteiger partial charge in [0.2, 0.25) is 12.6 Å². The summed E-state index contributed by atoms with van der Waals surface area (Å²) in [6, 6.07) is 11.7. The summed E-state index contributed by atoms with van der Waals surface area (Å²) in [7, 11) is 0. The van der Waals surface area contributed by atoms with E-state index in [1.165, 1.54) is 12.1 Å². The molecule has 192 valence electrons. The molecule has 0 spiro atoms. The van der Waals surface area contributed by atoms with E-state index >= 15 is 0 Å². The molecule has 10 nitrogen and oxygen atoms in total. The standard InChI is InChI=1S/C27H27N3O7/c1-17-11-21(18(2)29(17)14-19-5-8-25-26(12-19)37-16-36-25)24(31)15-35-27(32)22-13-20(30(33)34)6-7-23(22)28-9-3-4-10-28/h5-8,11-13H,3-4,9-10,14-16H2,1-2H3. The molecular formula is C27H27N3O7. The second-order valence-electron chi connectivity index (χ2n) is 9.21. The number of Topliss-reactive ketones (excluding diaryl/α,β-unsaturated/α-hetero) is 1. The topological polar surface area (TPSA) is 113 Å². The van der Waals surface area contributed by atoms with Gasteiger partial charge in [-0.1, -0.05) is 6.07 Å². The highest BCUT2D eigenvalue weighted by molar-refractivity contribution is 6.02. The van der Waals surface area contributed by atoms with E-state index in [0.29, 0.717) is 29.3 Å². The molecule has 2 aliphatic rings. The molecule has 37 heavy (non-hydrogen) atoms. The molecule has 0 saturated carbocycles. The van der Waals surface area contributed by atoms with E-state index < -0.39 is 17.5 Å². The normalized spacial score (nSPS) is 14.2. The van der Waals surface area contributed by atoms with Crippen LogP contribution in [0.3, 0.4) is 0 Å². The molecule has 0 aliphatic carbocycles. The first-order valence-corrected chi connectivity index (χ1v) is 12.1. The molecule has 1 aromatic heterocycles. The Kier molecular flexibility index (Phi) is 6.56. The number of non-ortho nitro benzene ring substituents is 1. The highest BCUT2D eigenvalue weighted by Gasteiger charge is 2.25. The number of aromatic nitrogens is 1. The Bertz CT molecular complexity index is 1390. The van der Waals surface area contributed by atoms with Crippen LogP contribution in [0.25, 0.3) is 0 Å². The fraction of sp³-hybridized carbons (Fsp3) is 0.333. The highest BCUT2D eigenvalue weighted by atomic mass is 16.7.